The Morgan fingerprint density at radius 1 is 0.677 bits per heavy atom. The molecule has 0 fully saturated rings. The van der Waals surface area contributed by atoms with Gasteiger partial charge in [0, 0.05) is 33.9 Å². The molecule has 1 aromatic heterocycles. The van der Waals surface area contributed by atoms with Crippen LogP contribution in [0.4, 0.5) is 0 Å². The molecule has 0 saturated heterocycles. The smallest absolute Gasteiger partial charge is 0.185 e. The summed E-state index contributed by atoms with van der Waals surface area (Å²) in [6.45, 7) is 18.0. The fraction of sp³-hybridized carbons (Fsp3) is 0.444. The van der Waals surface area contributed by atoms with Crippen LogP contribution in [0.1, 0.15) is 101 Å². The first-order valence-corrected chi connectivity index (χ1v) is 11.6. The molecular weight excluding hydrogens is 423 g/mol. The number of halogens is 2. The highest BCUT2D eigenvalue weighted by Gasteiger charge is 2.28. The number of hydrogen-bond acceptors (Lipinski definition) is 0. The van der Waals surface area contributed by atoms with Gasteiger partial charge < -0.3 is 0 Å². The molecule has 0 aliphatic heterocycles. The molecule has 0 unspecified atom stereocenters. The third kappa shape index (κ3) is 4.86. The minimum Gasteiger partial charge on any atom is -0.185 e. The number of nitrogens with zero attached hydrogens (tertiary/aromatic N) is 2. The van der Waals surface area contributed by atoms with Crippen LogP contribution in [0, 0.1) is 0 Å². The summed E-state index contributed by atoms with van der Waals surface area (Å²) < 4.78 is 4.35. The summed E-state index contributed by atoms with van der Waals surface area (Å²) in [5.41, 5.74) is 7.75. The molecule has 0 saturated carbocycles. The number of aromatic nitrogens is 2. The van der Waals surface area contributed by atoms with Crippen molar-refractivity contribution in [1.29, 1.82) is 0 Å². The third-order valence-corrected chi connectivity index (χ3v) is 6.29. The fourth-order valence-corrected chi connectivity index (χ4v) is 4.57. The summed E-state index contributed by atoms with van der Waals surface area (Å²) in [7, 11) is 0. The van der Waals surface area contributed by atoms with Crippen LogP contribution in [0.5, 0.6) is 0 Å². The van der Waals surface area contributed by atoms with Crippen molar-refractivity contribution in [2.45, 2.75) is 79.1 Å². The second-order valence-electron chi connectivity index (χ2n) is 9.50. The molecule has 168 valence electrons. The Morgan fingerprint density at radius 2 is 1.06 bits per heavy atom. The number of imidazole rings is 1. The van der Waals surface area contributed by atoms with Crippen molar-refractivity contribution in [3.63, 3.8) is 0 Å². The number of rotatable bonds is 6. The Bertz CT molecular complexity index is 896. The quantitative estimate of drug-likeness (QED) is 0.327. The molecule has 3 aromatic rings. The summed E-state index contributed by atoms with van der Waals surface area (Å²) in [6.07, 6.45) is 4.24. The lowest BCUT2D eigenvalue weighted by atomic mass is 9.92. The molecule has 2 aromatic carbocycles. The van der Waals surface area contributed by atoms with E-state index >= 15 is 0 Å². The molecule has 1 heterocycles. The molecule has 0 atom stereocenters. The van der Waals surface area contributed by atoms with Gasteiger partial charge in [-0.2, -0.15) is 9.13 Å². The van der Waals surface area contributed by atoms with E-state index in [9.17, 15) is 0 Å². The molecule has 4 heteroatoms. The van der Waals surface area contributed by atoms with E-state index in [1.54, 1.807) is 0 Å². The van der Waals surface area contributed by atoms with Crippen molar-refractivity contribution < 1.29 is 4.57 Å². The summed E-state index contributed by atoms with van der Waals surface area (Å²) in [6, 6.07) is 13.3. The fourth-order valence-electron chi connectivity index (χ4n) is 4.29. The second-order valence-corrected chi connectivity index (χ2v) is 9.83. The molecule has 0 spiro atoms. The van der Waals surface area contributed by atoms with E-state index < -0.39 is 0 Å². The molecule has 0 aliphatic carbocycles. The van der Waals surface area contributed by atoms with Crippen LogP contribution in [-0.4, -0.2) is 4.57 Å². The Balaban J connectivity index is 0.00000341. The molecule has 0 N–H and O–H groups in total. The van der Waals surface area contributed by atoms with Crippen molar-refractivity contribution in [3.8, 4) is 11.4 Å². The SMILES string of the molecule is CC(C)c1cccc(C(C)C)c1-n1cc[n+](-c2c(C(C)C)cccc2C(C)C)c1Cl.Cl. The van der Waals surface area contributed by atoms with E-state index in [2.05, 4.69) is 113 Å². The van der Waals surface area contributed by atoms with Crippen molar-refractivity contribution in [2.75, 3.05) is 0 Å². The predicted octanol–water partition coefficient (Wildman–Crippen LogP) is 8.32. The molecule has 0 amide bonds. The van der Waals surface area contributed by atoms with Crippen LogP contribution in [0.25, 0.3) is 11.4 Å². The van der Waals surface area contributed by atoms with Crippen LogP contribution in [0.2, 0.25) is 5.28 Å². The molecule has 0 radical (unpaired) electrons. The first-order valence-electron chi connectivity index (χ1n) is 11.2. The lowest BCUT2D eigenvalue weighted by molar-refractivity contribution is -0.593. The third-order valence-electron chi connectivity index (χ3n) is 5.93. The molecule has 31 heavy (non-hydrogen) atoms. The number of hydrogen-bond donors (Lipinski definition) is 0. The Hall–Kier alpha value is -1.77. The monoisotopic (exact) mass is 459 g/mol. The lowest BCUT2D eigenvalue weighted by Gasteiger charge is -2.18. The molecule has 0 bridgehead atoms. The Kier molecular flexibility index (Phi) is 8.41. The maximum Gasteiger partial charge on any atom is 0.365 e. The number of benzene rings is 2. The van der Waals surface area contributed by atoms with Gasteiger partial charge in [0.1, 0.15) is 23.8 Å². The van der Waals surface area contributed by atoms with Crippen LogP contribution in [0.3, 0.4) is 0 Å². The zero-order valence-corrected chi connectivity index (χ0v) is 21.7. The van der Waals surface area contributed by atoms with Crippen LogP contribution >= 0.6 is 24.0 Å². The average Bonchev–Trinajstić information content (AvgIpc) is 3.07. The van der Waals surface area contributed by atoms with Gasteiger partial charge in [-0.1, -0.05) is 91.8 Å². The molecular formula is C27H37Cl2N2+. The van der Waals surface area contributed by atoms with Gasteiger partial charge in [0.25, 0.3) is 0 Å². The maximum atomic E-state index is 7.13. The highest BCUT2D eigenvalue weighted by atomic mass is 35.5. The van der Waals surface area contributed by atoms with Crippen molar-refractivity contribution >= 4 is 24.0 Å². The minimum absolute atomic E-state index is 0. The van der Waals surface area contributed by atoms with Crippen LogP contribution in [0.15, 0.2) is 48.8 Å². The van der Waals surface area contributed by atoms with Crippen LogP contribution in [-0.2, 0) is 0 Å². The minimum atomic E-state index is 0. The topological polar surface area (TPSA) is 8.81 Å². The highest BCUT2D eigenvalue weighted by molar-refractivity contribution is 6.27. The summed E-state index contributed by atoms with van der Waals surface area (Å²) in [5, 5.41) is 0.722. The van der Waals surface area contributed by atoms with Gasteiger partial charge >= 0.3 is 5.28 Å². The maximum absolute atomic E-state index is 7.13. The van der Waals surface area contributed by atoms with Gasteiger partial charge in [-0.05, 0) is 23.7 Å². The second kappa shape index (κ2) is 10.2. The van der Waals surface area contributed by atoms with E-state index in [0.717, 1.165) is 5.28 Å². The van der Waals surface area contributed by atoms with Crippen molar-refractivity contribution in [2.24, 2.45) is 0 Å². The molecule has 0 aliphatic rings. The van der Waals surface area contributed by atoms with E-state index in [1.807, 2.05) is 0 Å². The van der Waals surface area contributed by atoms with E-state index in [4.69, 9.17) is 11.6 Å². The molecule has 2 nitrogen and oxygen atoms in total. The summed E-state index contributed by atoms with van der Waals surface area (Å²) in [4.78, 5) is 0. The largest absolute Gasteiger partial charge is 0.365 e. The molecule has 3 rings (SSSR count). The highest BCUT2D eigenvalue weighted by Crippen LogP contribution is 2.34. The normalized spacial score (nSPS) is 11.6. The summed E-state index contributed by atoms with van der Waals surface area (Å²) in [5.74, 6) is 1.67. The van der Waals surface area contributed by atoms with E-state index in [0.29, 0.717) is 23.7 Å². The van der Waals surface area contributed by atoms with Gasteiger partial charge in [0.15, 0.2) is 0 Å². The van der Waals surface area contributed by atoms with Gasteiger partial charge in [-0.3, -0.25) is 0 Å². The van der Waals surface area contributed by atoms with Gasteiger partial charge in [0.2, 0.25) is 0 Å². The Morgan fingerprint density at radius 3 is 1.45 bits per heavy atom. The first-order chi connectivity index (χ1) is 14.1. The van der Waals surface area contributed by atoms with Gasteiger partial charge in [0.05, 0.1) is 0 Å². The number of para-hydroxylation sites is 2. The van der Waals surface area contributed by atoms with Gasteiger partial charge in [-0.15, -0.1) is 12.4 Å². The zero-order chi connectivity index (χ0) is 22.2. The summed E-state index contributed by atoms with van der Waals surface area (Å²) >= 11 is 7.13. The zero-order valence-electron chi connectivity index (χ0n) is 20.1. The van der Waals surface area contributed by atoms with E-state index in [-0.39, 0.29) is 12.4 Å². The van der Waals surface area contributed by atoms with Crippen molar-refractivity contribution in [3.05, 3.63) is 76.3 Å². The standard InChI is InChI=1S/C27H36ClN2.ClH/c1-17(2)21-11-9-12-22(18(3)4)25(21)29-15-16-30(27(29)28)26-23(19(5)6)13-10-14-24(26)20(7)8;/h9-20H,1-8H3;1H/q+1;. The lowest BCUT2D eigenvalue weighted by Crippen LogP contribution is -2.34. The Labute approximate surface area is 199 Å². The average molecular weight is 461 g/mol. The van der Waals surface area contributed by atoms with Gasteiger partial charge in [-0.25, -0.2) is 0 Å². The predicted molar refractivity (Wildman–Crippen MR) is 136 cm³/mol. The van der Waals surface area contributed by atoms with Crippen molar-refractivity contribution in [1.82, 2.24) is 4.57 Å². The first kappa shape index (κ1) is 25.5. The van der Waals surface area contributed by atoms with E-state index in [1.165, 1.54) is 33.6 Å². The van der Waals surface area contributed by atoms with Crippen LogP contribution < -0.4 is 4.57 Å².